The average Bonchev–Trinajstić information content (AvgIpc) is 2.18. The molecular formula is C12H16ClF3N2. The van der Waals surface area contributed by atoms with Crippen molar-refractivity contribution >= 4 is 11.6 Å². The maximum atomic E-state index is 12.9. The lowest BCUT2D eigenvalue weighted by molar-refractivity contribution is -0.186. The Hall–Kier alpha value is -0.780. The highest BCUT2D eigenvalue weighted by Gasteiger charge is 2.44. The zero-order chi connectivity index (χ0) is 13.9. The number of hydrogen-bond acceptors (Lipinski definition) is 2. The van der Waals surface area contributed by atoms with Gasteiger partial charge in [0.1, 0.15) is 6.04 Å². The van der Waals surface area contributed by atoms with Crippen molar-refractivity contribution in [3.63, 3.8) is 0 Å². The molecule has 18 heavy (non-hydrogen) atoms. The quantitative estimate of drug-likeness (QED) is 0.918. The van der Waals surface area contributed by atoms with Crippen molar-refractivity contribution < 1.29 is 13.2 Å². The third-order valence-corrected chi connectivity index (χ3v) is 3.05. The van der Waals surface area contributed by atoms with E-state index in [-0.39, 0.29) is 6.54 Å². The van der Waals surface area contributed by atoms with E-state index >= 15 is 0 Å². The Labute approximate surface area is 110 Å². The maximum Gasteiger partial charge on any atom is 0.405 e. The number of likely N-dealkylation sites (N-methyl/N-ethyl adjacent to an activating group) is 1. The molecule has 1 aromatic rings. The monoisotopic (exact) mass is 280 g/mol. The molecule has 0 aliphatic carbocycles. The van der Waals surface area contributed by atoms with Crippen molar-refractivity contribution in [3.8, 4) is 0 Å². The summed E-state index contributed by atoms with van der Waals surface area (Å²) in [4.78, 5) is 1.17. The van der Waals surface area contributed by atoms with Gasteiger partial charge in [0, 0.05) is 17.6 Å². The van der Waals surface area contributed by atoms with Crippen LogP contribution in [0.25, 0.3) is 0 Å². The Morgan fingerprint density at radius 3 is 2.33 bits per heavy atom. The molecule has 2 atom stereocenters. The highest BCUT2D eigenvalue weighted by atomic mass is 35.5. The van der Waals surface area contributed by atoms with Crippen molar-refractivity contribution in [2.75, 3.05) is 7.05 Å². The second-order valence-electron chi connectivity index (χ2n) is 4.35. The van der Waals surface area contributed by atoms with Crippen LogP contribution in [-0.4, -0.2) is 30.2 Å². The van der Waals surface area contributed by atoms with E-state index in [9.17, 15) is 13.2 Å². The van der Waals surface area contributed by atoms with E-state index in [1.54, 1.807) is 24.3 Å². The zero-order valence-electron chi connectivity index (χ0n) is 10.2. The van der Waals surface area contributed by atoms with Crippen LogP contribution >= 0.6 is 11.6 Å². The number of hydrogen-bond donors (Lipinski definition) is 1. The minimum atomic E-state index is -4.36. The molecule has 6 heteroatoms. The number of alkyl halides is 3. The molecule has 2 unspecified atom stereocenters. The molecule has 0 saturated heterocycles. The van der Waals surface area contributed by atoms with Crippen molar-refractivity contribution in [2.24, 2.45) is 5.73 Å². The van der Waals surface area contributed by atoms with Crippen LogP contribution in [0, 0.1) is 0 Å². The van der Waals surface area contributed by atoms with Crippen LogP contribution < -0.4 is 5.73 Å². The molecule has 0 bridgehead atoms. The van der Waals surface area contributed by atoms with Gasteiger partial charge < -0.3 is 5.73 Å². The van der Waals surface area contributed by atoms with Crippen LogP contribution in [0.15, 0.2) is 24.3 Å². The third kappa shape index (κ3) is 3.86. The number of benzene rings is 1. The van der Waals surface area contributed by atoms with Crippen LogP contribution in [0.2, 0.25) is 5.02 Å². The van der Waals surface area contributed by atoms with Crippen LogP contribution in [-0.2, 0) is 6.54 Å². The fourth-order valence-corrected chi connectivity index (χ4v) is 2.14. The Kier molecular flexibility index (Phi) is 5.01. The van der Waals surface area contributed by atoms with Gasteiger partial charge in [-0.25, -0.2) is 0 Å². The van der Waals surface area contributed by atoms with Crippen molar-refractivity contribution in [1.82, 2.24) is 4.90 Å². The number of halogens is 4. The molecule has 2 nitrogen and oxygen atoms in total. The topological polar surface area (TPSA) is 29.3 Å². The summed E-state index contributed by atoms with van der Waals surface area (Å²) in [6.45, 7) is 1.45. The highest BCUT2D eigenvalue weighted by Crippen LogP contribution is 2.28. The molecule has 0 amide bonds. The summed E-state index contributed by atoms with van der Waals surface area (Å²) >= 11 is 5.93. The van der Waals surface area contributed by atoms with E-state index in [1.807, 2.05) is 0 Å². The summed E-state index contributed by atoms with van der Waals surface area (Å²) in [7, 11) is 1.39. The molecule has 0 radical (unpaired) electrons. The van der Waals surface area contributed by atoms with Gasteiger partial charge in [-0.3, -0.25) is 4.90 Å². The fourth-order valence-electron chi connectivity index (χ4n) is 1.94. The first-order valence-electron chi connectivity index (χ1n) is 5.49. The third-order valence-electron chi connectivity index (χ3n) is 2.69. The molecular weight excluding hydrogens is 265 g/mol. The van der Waals surface area contributed by atoms with E-state index in [0.29, 0.717) is 10.6 Å². The van der Waals surface area contributed by atoms with Gasteiger partial charge in [0.25, 0.3) is 0 Å². The first kappa shape index (κ1) is 15.3. The van der Waals surface area contributed by atoms with Crippen LogP contribution in [0.5, 0.6) is 0 Å². The normalized spacial score (nSPS) is 15.8. The summed E-state index contributed by atoms with van der Waals surface area (Å²) in [6.07, 6.45) is -4.36. The van der Waals surface area contributed by atoms with Crippen LogP contribution in [0.1, 0.15) is 12.5 Å². The number of nitrogens with zero attached hydrogens (tertiary/aromatic N) is 1. The minimum Gasteiger partial charge on any atom is -0.326 e. The predicted octanol–water partition coefficient (Wildman–Crippen LogP) is 3.05. The van der Waals surface area contributed by atoms with E-state index < -0.39 is 18.3 Å². The van der Waals surface area contributed by atoms with Gasteiger partial charge in [-0.2, -0.15) is 13.2 Å². The van der Waals surface area contributed by atoms with Gasteiger partial charge in [0.05, 0.1) is 0 Å². The SMILES string of the molecule is CC(N)C(N(C)Cc1ccccc1Cl)C(F)(F)F. The van der Waals surface area contributed by atoms with E-state index in [0.717, 1.165) is 0 Å². The standard InChI is InChI=1S/C12H16ClF3N2/c1-8(17)11(12(14,15)16)18(2)7-9-5-3-4-6-10(9)13/h3-6,8,11H,7,17H2,1-2H3. The van der Waals surface area contributed by atoms with Crippen molar-refractivity contribution in [1.29, 1.82) is 0 Å². The molecule has 1 aromatic carbocycles. The second kappa shape index (κ2) is 5.91. The first-order valence-corrected chi connectivity index (χ1v) is 5.87. The molecule has 0 spiro atoms. The summed E-state index contributed by atoms with van der Waals surface area (Å²) < 4.78 is 38.6. The van der Waals surface area contributed by atoms with E-state index in [4.69, 9.17) is 17.3 Å². The van der Waals surface area contributed by atoms with Crippen LogP contribution in [0.4, 0.5) is 13.2 Å². The smallest absolute Gasteiger partial charge is 0.326 e. The van der Waals surface area contributed by atoms with Crippen molar-refractivity contribution in [2.45, 2.75) is 31.7 Å². The molecule has 1 rings (SSSR count). The lowest BCUT2D eigenvalue weighted by atomic mass is 10.1. The predicted molar refractivity (Wildman–Crippen MR) is 66.4 cm³/mol. The number of rotatable bonds is 4. The molecule has 0 saturated carbocycles. The van der Waals surface area contributed by atoms with E-state index in [2.05, 4.69) is 0 Å². The summed E-state index contributed by atoms with van der Waals surface area (Å²) in [5.41, 5.74) is 6.07. The van der Waals surface area contributed by atoms with Crippen LogP contribution in [0.3, 0.4) is 0 Å². The molecule has 102 valence electrons. The van der Waals surface area contributed by atoms with Gasteiger partial charge in [-0.15, -0.1) is 0 Å². The van der Waals surface area contributed by atoms with E-state index in [1.165, 1.54) is 18.9 Å². The molecule has 0 aromatic heterocycles. The average molecular weight is 281 g/mol. The Balaban J connectivity index is 2.86. The fraction of sp³-hybridized carbons (Fsp3) is 0.500. The molecule has 0 heterocycles. The maximum absolute atomic E-state index is 12.9. The van der Waals surface area contributed by atoms with Gasteiger partial charge in [-0.05, 0) is 25.6 Å². The molecule has 0 aliphatic heterocycles. The lowest BCUT2D eigenvalue weighted by Gasteiger charge is -2.32. The Bertz CT molecular complexity index is 393. The van der Waals surface area contributed by atoms with Gasteiger partial charge in [0.15, 0.2) is 0 Å². The second-order valence-corrected chi connectivity index (χ2v) is 4.76. The Morgan fingerprint density at radius 2 is 1.89 bits per heavy atom. The first-order chi connectivity index (χ1) is 8.23. The molecule has 0 fully saturated rings. The summed E-state index contributed by atoms with van der Waals surface area (Å²) in [6, 6.07) is 4.14. The van der Waals surface area contributed by atoms with Gasteiger partial charge in [-0.1, -0.05) is 29.8 Å². The Morgan fingerprint density at radius 1 is 1.33 bits per heavy atom. The molecule has 0 aliphatic rings. The zero-order valence-corrected chi connectivity index (χ0v) is 11.0. The largest absolute Gasteiger partial charge is 0.405 e. The van der Waals surface area contributed by atoms with Gasteiger partial charge in [0.2, 0.25) is 0 Å². The lowest BCUT2D eigenvalue weighted by Crippen LogP contribution is -2.53. The number of nitrogens with two attached hydrogens (primary N) is 1. The summed E-state index contributed by atoms with van der Waals surface area (Å²) in [5.74, 6) is 0. The summed E-state index contributed by atoms with van der Waals surface area (Å²) in [5, 5.41) is 0.454. The van der Waals surface area contributed by atoms with Gasteiger partial charge >= 0.3 is 6.18 Å². The minimum absolute atomic E-state index is 0.103. The molecule has 2 N–H and O–H groups in total. The highest BCUT2D eigenvalue weighted by molar-refractivity contribution is 6.31. The van der Waals surface area contributed by atoms with Crippen molar-refractivity contribution in [3.05, 3.63) is 34.9 Å².